The predicted molar refractivity (Wildman–Crippen MR) is 184 cm³/mol. The van der Waals surface area contributed by atoms with E-state index in [2.05, 4.69) is 157 Å². The van der Waals surface area contributed by atoms with E-state index in [0.29, 0.717) is 0 Å². The number of furan rings is 1. The Morgan fingerprint density at radius 2 is 1.16 bits per heavy atom. The zero-order valence-electron chi connectivity index (χ0n) is 23.2. The Hall–Kier alpha value is -5.38. The molecule has 43 heavy (non-hydrogen) atoms. The van der Waals surface area contributed by atoms with Gasteiger partial charge in [0.2, 0.25) is 0 Å². The lowest BCUT2D eigenvalue weighted by Crippen LogP contribution is -2.09. The normalized spacial score (nSPS) is 11.7. The summed E-state index contributed by atoms with van der Waals surface area (Å²) in [6.07, 6.45) is 0. The molecule has 0 aliphatic carbocycles. The molecule has 0 unspecified atom stereocenters. The molecule has 2 aromatic heterocycles. The molecule has 0 fully saturated rings. The second kappa shape index (κ2) is 9.59. The van der Waals surface area contributed by atoms with Crippen LogP contribution in [0.4, 0.5) is 17.1 Å². The predicted octanol–water partition coefficient (Wildman–Crippen LogP) is 12.2. The number of thiophene rings is 1. The first kappa shape index (κ1) is 24.2. The Kier molecular flexibility index (Phi) is 5.40. The summed E-state index contributed by atoms with van der Waals surface area (Å²) in [4.78, 5) is 2.30. The van der Waals surface area contributed by atoms with Crippen molar-refractivity contribution in [3.05, 3.63) is 152 Å². The average Bonchev–Trinajstić information content (AvgIpc) is 3.64. The van der Waals surface area contributed by atoms with Crippen molar-refractivity contribution in [2.45, 2.75) is 0 Å². The Morgan fingerprint density at radius 1 is 0.465 bits per heavy atom. The van der Waals surface area contributed by atoms with Gasteiger partial charge in [-0.1, -0.05) is 97.1 Å². The number of rotatable bonds is 4. The number of benzene rings is 7. The van der Waals surface area contributed by atoms with Gasteiger partial charge in [0.05, 0.1) is 0 Å². The number of fused-ring (bicyclic) bond motifs is 8. The molecule has 0 saturated heterocycles. The first-order chi connectivity index (χ1) is 21.3. The first-order valence-corrected chi connectivity index (χ1v) is 15.3. The van der Waals surface area contributed by atoms with Crippen molar-refractivity contribution in [1.29, 1.82) is 0 Å². The number of anilines is 3. The highest BCUT2D eigenvalue weighted by Gasteiger charge is 2.17. The molecule has 0 amide bonds. The van der Waals surface area contributed by atoms with Gasteiger partial charge in [-0.25, -0.2) is 0 Å². The molecule has 0 N–H and O–H groups in total. The molecular weight excluding hydrogens is 543 g/mol. The number of hydrogen-bond acceptors (Lipinski definition) is 3. The fourth-order valence-electron chi connectivity index (χ4n) is 6.42. The average molecular weight is 568 g/mol. The molecule has 0 saturated carbocycles. The SMILES string of the molecule is c1ccc(N(c2ccc(-c3cccc4c3sc3ccccc34)cc2)c2ccc3c(c2)oc2c4ccccc4ccc32)cc1. The molecule has 7 aromatic carbocycles. The highest BCUT2D eigenvalue weighted by atomic mass is 32.1. The van der Waals surface area contributed by atoms with Gasteiger partial charge < -0.3 is 9.32 Å². The molecular formula is C40H25NOS. The molecule has 9 aromatic rings. The van der Waals surface area contributed by atoms with Crippen molar-refractivity contribution in [3.63, 3.8) is 0 Å². The van der Waals surface area contributed by atoms with Gasteiger partial charge in [0.25, 0.3) is 0 Å². The van der Waals surface area contributed by atoms with Gasteiger partial charge in [0, 0.05) is 59.5 Å². The van der Waals surface area contributed by atoms with E-state index in [1.54, 1.807) is 0 Å². The summed E-state index contributed by atoms with van der Waals surface area (Å²) in [6.45, 7) is 0. The minimum atomic E-state index is 0.887. The molecule has 2 heterocycles. The Morgan fingerprint density at radius 3 is 2.05 bits per heavy atom. The maximum Gasteiger partial charge on any atom is 0.143 e. The van der Waals surface area contributed by atoms with Gasteiger partial charge in [0.1, 0.15) is 11.2 Å². The van der Waals surface area contributed by atoms with Crippen LogP contribution in [0.15, 0.2) is 156 Å². The van der Waals surface area contributed by atoms with Crippen LogP contribution in [0.2, 0.25) is 0 Å². The van der Waals surface area contributed by atoms with E-state index >= 15 is 0 Å². The number of hydrogen-bond donors (Lipinski definition) is 0. The fourth-order valence-corrected chi connectivity index (χ4v) is 7.66. The van der Waals surface area contributed by atoms with E-state index < -0.39 is 0 Å². The van der Waals surface area contributed by atoms with Gasteiger partial charge in [-0.2, -0.15) is 0 Å². The van der Waals surface area contributed by atoms with E-state index in [4.69, 9.17) is 4.42 Å². The molecule has 202 valence electrons. The summed E-state index contributed by atoms with van der Waals surface area (Å²) in [5.74, 6) is 0. The van der Waals surface area contributed by atoms with Crippen molar-refractivity contribution in [1.82, 2.24) is 0 Å². The van der Waals surface area contributed by atoms with Gasteiger partial charge in [0.15, 0.2) is 0 Å². The second-order valence-corrected chi connectivity index (χ2v) is 12.0. The van der Waals surface area contributed by atoms with E-state index in [9.17, 15) is 0 Å². The highest BCUT2D eigenvalue weighted by molar-refractivity contribution is 7.26. The van der Waals surface area contributed by atoms with Crippen LogP contribution in [-0.2, 0) is 0 Å². The number of nitrogens with zero attached hydrogens (tertiary/aromatic N) is 1. The van der Waals surface area contributed by atoms with Gasteiger partial charge in [-0.05, 0) is 65.0 Å². The zero-order chi connectivity index (χ0) is 28.3. The maximum absolute atomic E-state index is 6.55. The summed E-state index contributed by atoms with van der Waals surface area (Å²) in [5, 5.41) is 7.24. The van der Waals surface area contributed by atoms with E-state index in [1.165, 1.54) is 36.7 Å². The highest BCUT2D eigenvalue weighted by Crippen LogP contribution is 2.42. The molecule has 0 bridgehead atoms. The van der Waals surface area contributed by atoms with Crippen molar-refractivity contribution in [3.8, 4) is 11.1 Å². The van der Waals surface area contributed by atoms with Gasteiger partial charge in [-0.15, -0.1) is 11.3 Å². The second-order valence-electron chi connectivity index (χ2n) is 10.9. The Bertz CT molecular complexity index is 2450. The third-order valence-electron chi connectivity index (χ3n) is 8.46. The smallest absolute Gasteiger partial charge is 0.143 e. The van der Waals surface area contributed by atoms with Crippen LogP contribution in [-0.4, -0.2) is 0 Å². The summed E-state index contributed by atoms with van der Waals surface area (Å²) in [7, 11) is 0. The van der Waals surface area contributed by atoms with Crippen LogP contribution in [0.25, 0.3) is 64.0 Å². The summed E-state index contributed by atoms with van der Waals surface area (Å²) >= 11 is 1.87. The van der Waals surface area contributed by atoms with Gasteiger partial charge in [-0.3, -0.25) is 0 Å². The third-order valence-corrected chi connectivity index (χ3v) is 9.68. The molecule has 0 aliphatic heterocycles. The molecule has 0 aliphatic rings. The van der Waals surface area contributed by atoms with Crippen LogP contribution in [0, 0.1) is 0 Å². The monoisotopic (exact) mass is 567 g/mol. The van der Waals surface area contributed by atoms with Crippen molar-refractivity contribution < 1.29 is 4.42 Å². The van der Waals surface area contributed by atoms with Crippen molar-refractivity contribution in [2.24, 2.45) is 0 Å². The lowest BCUT2D eigenvalue weighted by atomic mass is 10.0. The van der Waals surface area contributed by atoms with Crippen LogP contribution in [0.3, 0.4) is 0 Å². The first-order valence-electron chi connectivity index (χ1n) is 14.5. The van der Waals surface area contributed by atoms with Crippen molar-refractivity contribution in [2.75, 3.05) is 4.90 Å². The maximum atomic E-state index is 6.55. The van der Waals surface area contributed by atoms with E-state index in [1.807, 2.05) is 11.3 Å². The molecule has 0 spiro atoms. The summed E-state index contributed by atoms with van der Waals surface area (Å²) in [5.41, 5.74) is 7.57. The minimum Gasteiger partial charge on any atom is -0.455 e. The third kappa shape index (κ3) is 3.86. The summed E-state index contributed by atoms with van der Waals surface area (Å²) in [6, 6.07) is 54.1. The lowest BCUT2D eigenvalue weighted by molar-refractivity contribution is 0.672. The van der Waals surface area contributed by atoms with Crippen molar-refractivity contribution >= 4 is 81.3 Å². The molecule has 2 nitrogen and oxygen atoms in total. The standard InChI is InChI=1S/C40H25NOS/c1-2-10-28(11-3-1)41(30-22-24-33-35-23-19-26-9-4-5-12-31(26)39(35)42-37(33)25-30)29-20-17-27(18-21-29)32-14-8-15-36-34-13-6-7-16-38(34)43-40(32)36/h1-25H. The molecule has 0 atom stereocenters. The Balaban J connectivity index is 1.17. The van der Waals surface area contributed by atoms with Crippen LogP contribution in [0.1, 0.15) is 0 Å². The zero-order valence-corrected chi connectivity index (χ0v) is 24.0. The molecule has 3 heteroatoms. The van der Waals surface area contributed by atoms with E-state index in [0.717, 1.165) is 44.4 Å². The molecule has 0 radical (unpaired) electrons. The molecule has 9 rings (SSSR count). The fraction of sp³-hybridized carbons (Fsp3) is 0. The Labute approximate surface area is 252 Å². The number of para-hydroxylation sites is 1. The van der Waals surface area contributed by atoms with E-state index in [-0.39, 0.29) is 0 Å². The van der Waals surface area contributed by atoms with Crippen LogP contribution < -0.4 is 4.90 Å². The largest absolute Gasteiger partial charge is 0.455 e. The van der Waals surface area contributed by atoms with Crippen LogP contribution in [0.5, 0.6) is 0 Å². The van der Waals surface area contributed by atoms with Gasteiger partial charge >= 0.3 is 0 Å². The topological polar surface area (TPSA) is 16.4 Å². The quantitative estimate of drug-likeness (QED) is 0.210. The minimum absolute atomic E-state index is 0.887. The summed E-state index contributed by atoms with van der Waals surface area (Å²) < 4.78 is 9.20. The van der Waals surface area contributed by atoms with Crippen LogP contribution >= 0.6 is 11.3 Å². The lowest BCUT2D eigenvalue weighted by Gasteiger charge is -2.25.